The third kappa shape index (κ3) is 5.12. The van der Waals surface area contributed by atoms with Gasteiger partial charge in [0.05, 0.1) is 6.54 Å². The highest BCUT2D eigenvalue weighted by Crippen LogP contribution is 2.29. The molecule has 0 aromatic heterocycles. The minimum Gasteiger partial charge on any atom is -0.492 e. The lowest BCUT2D eigenvalue weighted by Gasteiger charge is -2.36. The van der Waals surface area contributed by atoms with E-state index in [2.05, 4.69) is 17.0 Å². The largest absolute Gasteiger partial charge is 0.492 e. The summed E-state index contributed by atoms with van der Waals surface area (Å²) in [7, 11) is 0. The molecular weight excluding hydrogens is 364 g/mol. The maximum absolute atomic E-state index is 12.9. The number of amides is 2. The Morgan fingerprint density at radius 1 is 0.931 bits per heavy atom. The molecule has 1 saturated heterocycles. The second kappa shape index (κ2) is 9.64. The average molecular weight is 399 g/mol. The first-order chi connectivity index (χ1) is 14.2. The number of carbonyl (C=O) groups excluding carboxylic acids is 2. The number of rotatable bonds is 1. The first kappa shape index (κ1) is 20.2. The molecule has 2 heterocycles. The maximum atomic E-state index is 12.9. The molecule has 1 saturated carbocycles. The molecule has 3 aliphatic rings. The van der Waals surface area contributed by atoms with Crippen LogP contribution in [0.25, 0.3) is 0 Å². The van der Waals surface area contributed by atoms with Crippen LogP contribution in [0.3, 0.4) is 0 Å². The van der Waals surface area contributed by atoms with Gasteiger partial charge in [-0.15, -0.1) is 0 Å². The number of ether oxygens (including phenoxy) is 1. The van der Waals surface area contributed by atoms with E-state index in [4.69, 9.17) is 4.74 Å². The summed E-state index contributed by atoms with van der Waals surface area (Å²) < 4.78 is 5.99. The summed E-state index contributed by atoms with van der Waals surface area (Å²) in [4.78, 5) is 29.8. The van der Waals surface area contributed by atoms with Gasteiger partial charge in [0.25, 0.3) is 0 Å². The zero-order valence-corrected chi connectivity index (χ0v) is 17.5. The van der Waals surface area contributed by atoms with Crippen molar-refractivity contribution in [3.8, 4) is 5.75 Å². The molecule has 2 fully saturated rings. The summed E-state index contributed by atoms with van der Waals surface area (Å²) in [5, 5.41) is 0. The Hall–Kier alpha value is -2.04. The van der Waals surface area contributed by atoms with Crippen LogP contribution in [0.15, 0.2) is 24.3 Å². The van der Waals surface area contributed by atoms with E-state index in [9.17, 15) is 9.59 Å². The van der Waals surface area contributed by atoms with Gasteiger partial charge in [0.1, 0.15) is 12.4 Å². The minimum atomic E-state index is 0.183. The lowest BCUT2D eigenvalue weighted by molar-refractivity contribution is -0.140. The van der Waals surface area contributed by atoms with Gasteiger partial charge in [0.15, 0.2) is 0 Å². The second-order valence-corrected chi connectivity index (χ2v) is 8.83. The summed E-state index contributed by atoms with van der Waals surface area (Å²) in [5.74, 6) is 1.58. The number of piperidine rings is 1. The lowest BCUT2D eigenvalue weighted by Crippen LogP contribution is -2.44. The Morgan fingerprint density at radius 3 is 2.66 bits per heavy atom. The molecule has 0 N–H and O–H groups in total. The van der Waals surface area contributed by atoms with Crippen LogP contribution in [0.4, 0.5) is 0 Å². The van der Waals surface area contributed by atoms with Crippen LogP contribution in [-0.4, -0.2) is 53.9 Å². The van der Waals surface area contributed by atoms with E-state index in [-0.39, 0.29) is 17.7 Å². The Balaban J connectivity index is 1.49. The van der Waals surface area contributed by atoms with Crippen molar-refractivity contribution in [2.45, 2.75) is 70.3 Å². The van der Waals surface area contributed by atoms with Gasteiger partial charge in [-0.1, -0.05) is 18.6 Å². The van der Waals surface area contributed by atoms with Gasteiger partial charge in [-0.25, -0.2) is 0 Å². The topological polar surface area (TPSA) is 49.9 Å². The molecule has 158 valence electrons. The summed E-state index contributed by atoms with van der Waals surface area (Å²) >= 11 is 0. The lowest BCUT2D eigenvalue weighted by atomic mass is 9.84. The van der Waals surface area contributed by atoms with E-state index in [1.807, 2.05) is 17.0 Å². The maximum Gasteiger partial charge on any atom is 0.225 e. The molecule has 0 spiro atoms. The first-order valence-electron chi connectivity index (χ1n) is 11.5. The van der Waals surface area contributed by atoms with Gasteiger partial charge in [0, 0.05) is 31.5 Å². The SMILES string of the molecule is O=C(C1CCC1)N1CCCC(=O)N2CCCCC2CCc2cccc(c2)OCC1. The minimum absolute atomic E-state index is 0.183. The normalized spacial score (nSPS) is 24.6. The number of aryl methyl sites for hydroxylation is 1. The molecule has 2 amide bonds. The average Bonchev–Trinajstić information content (AvgIpc) is 2.70. The number of fused-ring (bicyclic) bond motifs is 3. The van der Waals surface area contributed by atoms with Gasteiger partial charge in [-0.3, -0.25) is 9.59 Å². The fraction of sp³-hybridized carbons (Fsp3) is 0.667. The highest BCUT2D eigenvalue weighted by Gasteiger charge is 2.30. The highest BCUT2D eigenvalue weighted by molar-refractivity contribution is 5.80. The third-order valence-corrected chi connectivity index (χ3v) is 6.83. The highest BCUT2D eigenvalue weighted by atomic mass is 16.5. The summed E-state index contributed by atoms with van der Waals surface area (Å²) in [5.41, 5.74) is 1.26. The molecule has 4 rings (SSSR count). The Kier molecular flexibility index (Phi) is 6.73. The fourth-order valence-electron chi connectivity index (χ4n) is 4.84. The van der Waals surface area contributed by atoms with Gasteiger partial charge < -0.3 is 14.5 Å². The Morgan fingerprint density at radius 2 is 1.83 bits per heavy atom. The molecule has 1 aromatic carbocycles. The van der Waals surface area contributed by atoms with Crippen molar-refractivity contribution in [2.24, 2.45) is 5.92 Å². The molecule has 1 aromatic rings. The standard InChI is InChI=1S/C24H34N2O3/c27-23-11-5-14-25(24(28)20-7-4-8-20)16-17-29-22-10-3-6-19(18-22)12-13-21-9-1-2-15-26(21)23/h3,6,10,18,20-21H,1-2,4-5,7-9,11-17H2. The molecule has 29 heavy (non-hydrogen) atoms. The smallest absolute Gasteiger partial charge is 0.225 e. The van der Waals surface area contributed by atoms with Crippen molar-refractivity contribution in [1.82, 2.24) is 9.80 Å². The van der Waals surface area contributed by atoms with Crippen LogP contribution in [0.5, 0.6) is 5.75 Å². The van der Waals surface area contributed by atoms with E-state index < -0.39 is 0 Å². The van der Waals surface area contributed by atoms with Crippen molar-refractivity contribution < 1.29 is 14.3 Å². The van der Waals surface area contributed by atoms with E-state index >= 15 is 0 Å². The van der Waals surface area contributed by atoms with Crippen molar-refractivity contribution >= 4 is 11.8 Å². The zero-order chi connectivity index (χ0) is 20.1. The van der Waals surface area contributed by atoms with Crippen LogP contribution >= 0.6 is 0 Å². The van der Waals surface area contributed by atoms with Gasteiger partial charge in [-0.05, 0) is 69.1 Å². The van der Waals surface area contributed by atoms with E-state index in [1.165, 1.54) is 12.0 Å². The fourth-order valence-corrected chi connectivity index (χ4v) is 4.84. The molecule has 1 atom stereocenters. The quantitative estimate of drug-likeness (QED) is 0.723. The van der Waals surface area contributed by atoms with Crippen LogP contribution in [0, 0.1) is 5.92 Å². The number of benzene rings is 1. The molecule has 5 heteroatoms. The Labute approximate surface area is 174 Å². The molecule has 2 aliphatic heterocycles. The second-order valence-electron chi connectivity index (χ2n) is 8.83. The van der Waals surface area contributed by atoms with Crippen molar-refractivity contribution in [1.29, 1.82) is 0 Å². The number of hydrogen-bond acceptors (Lipinski definition) is 3. The molecule has 5 nitrogen and oxygen atoms in total. The molecule has 1 unspecified atom stereocenters. The van der Waals surface area contributed by atoms with E-state index in [0.29, 0.717) is 32.2 Å². The monoisotopic (exact) mass is 398 g/mol. The van der Waals surface area contributed by atoms with E-state index in [1.54, 1.807) is 0 Å². The number of carbonyl (C=O) groups is 2. The van der Waals surface area contributed by atoms with Crippen molar-refractivity contribution in [2.75, 3.05) is 26.2 Å². The van der Waals surface area contributed by atoms with Gasteiger partial charge >= 0.3 is 0 Å². The van der Waals surface area contributed by atoms with E-state index in [0.717, 1.165) is 63.7 Å². The predicted octanol–water partition coefficient (Wildman–Crippen LogP) is 3.80. The molecule has 0 radical (unpaired) electrons. The molecule has 2 bridgehead atoms. The summed E-state index contributed by atoms with van der Waals surface area (Å²) in [6.07, 6.45) is 9.86. The molecule has 1 aliphatic carbocycles. The van der Waals surface area contributed by atoms with Crippen molar-refractivity contribution in [3.63, 3.8) is 0 Å². The molecular formula is C24H34N2O3. The Bertz CT molecular complexity index is 716. The van der Waals surface area contributed by atoms with Gasteiger partial charge in [-0.2, -0.15) is 0 Å². The number of hydrogen-bond donors (Lipinski definition) is 0. The van der Waals surface area contributed by atoms with Crippen LogP contribution in [0.2, 0.25) is 0 Å². The van der Waals surface area contributed by atoms with Crippen LogP contribution in [-0.2, 0) is 16.0 Å². The summed E-state index contributed by atoms with van der Waals surface area (Å²) in [6.45, 7) is 2.64. The van der Waals surface area contributed by atoms with Gasteiger partial charge in [0.2, 0.25) is 11.8 Å². The van der Waals surface area contributed by atoms with Crippen LogP contribution in [0.1, 0.15) is 63.4 Å². The third-order valence-electron chi connectivity index (χ3n) is 6.83. The zero-order valence-electron chi connectivity index (χ0n) is 17.5. The summed E-state index contributed by atoms with van der Waals surface area (Å²) in [6, 6.07) is 8.65. The van der Waals surface area contributed by atoms with Crippen LogP contribution < -0.4 is 4.74 Å². The van der Waals surface area contributed by atoms with Crippen molar-refractivity contribution in [3.05, 3.63) is 29.8 Å². The first-order valence-corrected chi connectivity index (χ1v) is 11.5. The predicted molar refractivity (Wildman–Crippen MR) is 113 cm³/mol. The number of nitrogens with zero attached hydrogens (tertiary/aromatic N) is 2.